The Hall–Kier alpha value is -2.49. The smallest absolute Gasteiger partial charge is 0.408 e. The monoisotopic (exact) mass is 508 g/mol. The van der Waals surface area contributed by atoms with Crippen LogP contribution in [0.5, 0.6) is 0 Å². The molecule has 36 heavy (non-hydrogen) atoms. The average molecular weight is 509 g/mol. The third-order valence-electron chi connectivity index (χ3n) is 7.38. The molecule has 10 heteroatoms. The van der Waals surface area contributed by atoms with Crippen LogP contribution >= 0.6 is 0 Å². The van der Waals surface area contributed by atoms with Gasteiger partial charge in [0, 0.05) is 37.7 Å². The van der Waals surface area contributed by atoms with Gasteiger partial charge >= 0.3 is 12.1 Å². The van der Waals surface area contributed by atoms with Gasteiger partial charge < -0.3 is 25.4 Å². The number of carbonyl (C=O) groups is 2. The maximum absolute atomic E-state index is 13.3. The van der Waals surface area contributed by atoms with E-state index in [0.717, 1.165) is 69.5 Å². The van der Waals surface area contributed by atoms with Crippen LogP contribution in [0, 0.1) is 0 Å². The number of carboxylic acids is 1. The zero-order valence-electron chi connectivity index (χ0n) is 20.8. The molecule has 8 nitrogen and oxygen atoms in total. The number of nitrogens with zero attached hydrogens (tertiary/aromatic N) is 2. The third kappa shape index (κ3) is 8.01. The first-order valence-electron chi connectivity index (χ1n) is 13.3. The summed E-state index contributed by atoms with van der Waals surface area (Å²) >= 11 is 0. The number of hydrogen-bond acceptors (Lipinski definition) is 6. The highest BCUT2D eigenvalue weighted by atomic mass is 19.3. The number of amides is 1. The highest BCUT2D eigenvalue weighted by Crippen LogP contribution is 2.34. The number of carbonyl (C=O) groups excluding carboxylic acids is 1. The Balaban J connectivity index is 1.18. The molecule has 3 N–H and O–H groups in total. The second-order valence-corrected chi connectivity index (χ2v) is 10.3. The number of alkyl halides is 2. The second-order valence-electron chi connectivity index (χ2n) is 10.3. The summed E-state index contributed by atoms with van der Waals surface area (Å²) in [5, 5.41) is 15.4. The predicted molar refractivity (Wildman–Crippen MR) is 131 cm³/mol. The highest BCUT2D eigenvalue weighted by Gasteiger charge is 2.37. The normalized spacial score (nSPS) is 20.3. The molecule has 2 saturated carbocycles. The number of aliphatic carboxylic acids is 1. The molecule has 4 rings (SSSR count). The van der Waals surface area contributed by atoms with Gasteiger partial charge in [0.1, 0.15) is 18.0 Å². The van der Waals surface area contributed by atoms with Crippen LogP contribution in [0.15, 0.2) is 12.1 Å². The van der Waals surface area contributed by atoms with E-state index >= 15 is 0 Å². The molecule has 0 saturated heterocycles. The number of rotatable bonds is 12. The fourth-order valence-corrected chi connectivity index (χ4v) is 5.06. The van der Waals surface area contributed by atoms with Gasteiger partial charge in [0.25, 0.3) is 0 Å². The Morgan fingerprint density at radius 3 is 2.69 bits per heavy atom. The Kier molecular flexibility index (Phi) is 8.98. The largest absolute Gasteiger partial charge is 0.480 e. The van der Waals surface area contributed by atoms with Crippen molar-refractivity contribution in [2.24, 2.45) is 0 Å². The number of anilines is 1. The number of carboxylic acid groups (broad SMARTS) is 1. The molecule has 3 aliphatic rings. The lowest BCUT2D eigenvalue weighted by atomic mass is 9.94. The summed E-state index contributed by atoms with van der Waals surface area (Å²) in [4.78, 5) is 31.0. The van der Waals surface area contributed by atoms with E-state index in [0.29, 0.717) is 12.6 Å². The first kappa shape index (κ1) is 26.6. The van der Waals surface area contributed by atoms with Gasteiger partial charge in [-0.15, -0.1) is 0 Å². The fraction of sp³-hybridized carbons (Fsp3) is 0.731. The van der Waals surface area contributed by atoms with Crippen molar-refractivity contribution < 1.29 is 28.2 Å². The number of hydrogen-bond donors (Lipinski definition) is 3. The Morgan fingerprint density at radius 1 is 1.19 bits per heavy atom. The van der Waals surface area contributed by atoms with E-state index in [1.54, 1.807) is 0 Å². The van der Waals surface area contributed by atoms with Crippen molar-refractivity contribution in [2.45, 2.75) is 101 Å². The number of aromatic nitrogens is 1. The van der Waals surface area contributed by atoms with Crippen molar-refractivity contribution in [3.8, 4) is 0 Å². The second kappa shape index (κ2) is 12.2. The van der Waals surface area contributed by atoms with Gasteiger partial charge in [0.05, 0.1) is 0 Å². The molecule has 0 unspecified atom stereocenters. The maximum atomic E-state index is 13.3. The topological polar surface area (TPSA) is 104 Å². The summed E-state index contributed by atoms with van der Waals surface area (Å²) in [5.41, 5.74) is 2.38. The number of alkyl carbamates (subject to hydrolysis) is 1. The van der Waals surface area contributed by atoms with Crippen LogP contribution in [0.3, 0.4) is 0 Å². The van der Waals surface area contributed by atoms with Crippen LogP contribution in [0.4, 0.5) is 19.4 Å². The number of halogens is 2. The van der Waals surface area contributed by atoms with Gasteiger partial charge in [-0.1, -0.05) is 6.07 Å². The molecular weight excluding hydrogens is 470 g/mol. The van der Waals surface area contributed by atoms with E-state index < -0.39 is 30.1 Å². The SMILES string of the molecule is O=C(N[C@@H](CCN(CCCCc1ccc2c(n1)NCCC2)C1CC1)C(=O)O)OC1CCC(F)(F)CC1. The summed E-state index contributed by atoms with van der Waals surface area (Å²) in [6, 6.07) is 3.69. The van der Waals surface area contributed by atoms with Crippen LogP contribution in [0.1, 0.15) is 75.5 Å². The lowest BCUT2D eigenvalue weighted by Gasteiger charge is -2.28. The van der Waals surface area contributed by atoms with Gasteiger partial charge in [0.2, 0.25) is 5.92 Å². The minimum atomic E-state index is -2.71. The lowest BCUT2D eigenvalue weighted by molar-refractivity contribution is -0.139. The molecular formula is C26H38F2N4O4. The quantitative estimate of drug-likeness (QED) is 0.360. The molecule has 1 aromatic rings. The van der Waals surface area contributed by atoms with Crippen LogP contribution in [-0.4, -0.2) is 70.8 Å². The molecule has 0 spiro atoms. The summed E-state index contributed by atoms with van der Waals surface area (Å²) in [5.74, 6) is -2.81. The van der Waals surface area contributed by atoms with Gasteiger partial charge in [-0.2, -0.15) is 0 Å². The van der Waals surface area contributed by atoms with Gasteiger partial charge in [-0.05, 0) is 82.4 Å². The molecule has 2 heterocycles. The minimum Gasteiger partial charge on any atom is -0.480 e. The molecule has 1 amide bonds. The van der Waals surface area contributed by atoms with E-state index in [4.69, 9.17) is 9.72 Å². The van der Waals surface area contributed by atoms with Crippen LogP contribution in [0.2, 0.25) is 0 Å². The number of aryl methyl sites for hydroxylation is 2. The Morgan fingerprint density at radius 2 is 1.97 bits per heavy atom. The van der Waals surface area contributed by atoms with Crippen molar-refractivity contribution in [3.63, 3.8) is 0 Å². The Labute approximate surface area is 211 Å². The highest BCUT2D eigenvalue weighted by molar-refractivity contribution is 5.79. The van der Waals surface area contributed by atoms with E-state index in [1.807, 2.05) is 0 Å². The van der Waals surface area contributed by atoms with Gasteiger partial charge in [0.15, 0.2) is 0 Å². The van der Waals surface area contributed by atoms with E-state index in [-0.39, 0.29) is 32.1 Å². The molecule has 1 aliphatic heterocycles. The van der Waals surface area contributed by atoms with Crippen LogP contribution < -0.4 is 10.6 Å². The molecule has 0 aromatic carbocycles. The molecule has 2 fully saturated rings. The molecule has 1 atom stereocenters. The standard InChI is InChI=1S/C26H38F2N4O4/c27-26(28)13-10-21(11-14-26)36-25(35)31-22(24(33)34)12-17-32(20-8-9-20)16-2-1-5-19-7-6-18-4-3-15-29-23(18)30-19/h6-7,20-22H,1-5,8-17H2,(H,29,30)(H,31,35)(H,33,34)/t22-/m0/s1. The van der Waals surface area contributed by atoms with E-state index in [9.17, 15) is 23.5 Å². The molecule has 0 radical (unpaired) electrons. The summed E-state index contributed by atoms with van der Waals surface area (Å²) in [6.45, 7) is 2.42. The number of fused-ring (bicyclic) bond motifs is 1. The van der Waals surface area contributed by atoms with Gasteiger partial charge in [-0.3, -0.25) is 0 Å². The zero-order chi connectivity index (χ0) is 25.5. The van der Waals surface area contributed by atoms with E-state index in [1.165, 1.54) is 5.56 Å². The van der Waals surface area contributed by atoms with Crippen molar-refractivity contribution in [2.75, 3.05) is 25.0 Å². The first-order valence-corrected chi connectivity index (χ1v) is 13.3. The van der Waals surface area contributed by atoms with Crippen molar-refractivity contribution in [1.82, 2.24) is 15.2 Å². The van der Waals surface area contributed by atoms with Crippen molar-refractivity contribution in [3.05, 3.63) is 23.4 Å². The minimum absolute atomic E-state index is 0.0884. The van der Waals surface area contributed by atoms with Gasteiger partial charge in [-0.25, -0.2) is 23.4 Å². The van der Waals surface area contributed by atoms with E-state index in [2.05, 4.69) is 27.7 Å². The van der Waals surface area contributed by atoms with Crippen molar-refractivity contribution in [1.29, 1.82) is 0 Å². The number of nitrogens with one attached hydrogen (secondary N) is 2. The number of pyridine rings is 1. The molecule has 1 aromatic heterocycles. The number of ether oxygens (including phenoxy) is 1. The maximum Gasteiger partial charge on any atom is 0.408 e. The summed E-state index contributed by atoms with van der Waals surface area (Å²) in [6.07, 6.45) is 5.71. The first-order chi connectivity index (χ1) is 17.3. The average Bonchev–Trinajstić information content (AvgIpc) is 3.69. The lowest BCUT2D eigenvalue weighted by Crippen LogP contribution is -2.45. The molecule has 0 bridgehead atoms. The third-order valence-corrected chi connectivity index (χ3v) is 7.38. The summed E-state index contributed by atoms with van der Waals surface area (Å²) in [7, 11) is 0. The number of unbranched alkanes of at least 4 members (excludes halogenated alkanes) is 1. The fourth-order valence-electron chi connectivity index (χ4n) is 5.06. The zero-order valence-corrected chi connectivity index (χ0v) is 20.8. The van der Waals surface area contributed by atoms with Crippen LogP contribution in [-0.2, 0) is 22.4 Å². The summed E-state index contributed by atoms with van der Waals surface area (Å²) < 4.78 is 31.8. The molecule has 2 aliphatic carbocycles. The van der Waals surface area contributed by atoms with Crippen molar-refractivity contribution >= 4 is 17.9 Å². The Bertz CT molecular complexity index is 902. The van der Waals surface area contributed by atoms with Crippen LogP contribution in [0.25, 0.3) is 0 Å². The molecule has 200 valence electrons. The predicted octanol–water partition coefficient (Wildman–Crippen LogP) is 4.37.